The molecule has 0 aliphatic rings. The first-order chi connectivity index (χ1) is 26.7. The van der Waals surface area contributed by atoms with E-state index >= 15 is 0 Å². The molecule has 0 saturated carbocycles. The van der Waals surface area contributed by atoms with E-state index in [-0.39, 0.29) is 19.4 Å². The number of hydrogen-bond acceptors (Lipinski definition) is 9. The van der Waals surface area contributed by atoms with Crippen LogP contribution in [0, 0.1) is 0 Å². The molecule has 0 saturated heterocycles. The first kappa shape index (κ1) is 51.9. The number of phosphoric ester groups is 1. The number of ether oxygens (including phenoxy) is 2. The van der Waals surface area contributed by atoms with E-state index in [0.717, 1.165) is 64.2 Å². The van der Waals surface area contributed by atoms with Crippen LogP contribution in [0.5, 0.6) is 0 Å². The van der Waals surface area contributed by atoms with Crippen molar-refractivity contribution in [2.45, 2.75) is 142 Å². The van der Waals surface area contributed by atoms with Crippen LogP contribution in [-0.2, 0) is 32.7 Å². The zero-order valence-corrected chi connectivity index (χ0v) is 34.5. The van der Waals surface area contributed by atoms with E-state index < -0.39 is 51.8 Å². The molecule has 0 spiro atoms. The van der Waals surface area contributed by atoms with Gasteiger partial charge in [-0.25, -0.2) is 4.57 Å². The highest BCUT2D eigenvalue weighted by Gasteiger charge is 2.27. The van der Waals surface area contributed by atoms with E-state index in [0.29, 0.717) is 19.3 Å². The average molecular weight is 791 g/mol. The summed E-state index contributed by atoms with van der Waals surface area (Å²) in [6, 6.07) is 0. The summed E-state index contributed by atoms with van der Waals surface area (Å²) in [5.41, 5.74) is 0. The van der Waals surface area contributed by atoms with Crippen LogP contribution in [0.15, 0.2) is 97.2 Å². The van der Waals surface area contributed by atoms with Gasteiger partial charge in [-0.05, 0) is 89.9 Å². The molecular formula is C44H71O10P. The van der Waals surface area contributed by atoms with Gasteiger partial charge in [-0.3, -0.25) is 18.6 Å². The molecule has 0 fully saturated rings. The van der Waals surface area contributed by atoms with E-state index in [9.17, 15) is 24.2 Å². The molecule has 0 aliphatic heterocycles. The number of esters is 2. The van der Waals surface area contributed by atoms with E-state index in [1.54, 1.807) is 0 Å². The highest BCUT2D eigenvalue weighted by Crippen LogP contribution is 2.43. The number of aliphatic hydroxyl groups excluding tert-OH is 2. The molecule has 0 aromatic rings. The molecule has 55 heavy (non-hydrogen) atoms. The van der Waals surface area contributed by atoms with Crippen molar-refractivity contribution < 1.29 is 47.8 Å². The summed E-state index contributed by atoms with van der Waals surface area (Å²) in [6.07, 6.45) is 46.7. The molecule has 0 aromatic carbocycles. The fourth-order valence-corrected chi connectivity index (χ4v) is 5.41. The van der Waals surface area contributed by atoms with Gasteiger partial charge in [0.25, 0.3) is 0 Å². The Bertz CT molecular complexity index is 1230. The first-order valence-electron chi connectivity index (χ1n) is 20.2. The van der Waals surface area contributed by atoms with Crippen molar-refractivity contribution in [3.05, 3.63) is 97.2 Å². The van der Waals surface area contributed by atoms with Crippen LogP contribution in [0.2, 0.25) is 0 Å². The van der Waals surface area contributed by atoms with Gasteiger partial charge < -0.3 is 24.6 Å². The van der Waals surface area contributed by atoms with Gasteiger partial charge in [0.15, 0.2) is 6.10 Å². The zero-order chi connectivity index (χ0) is 40.5. The van der Waals surface area contributed by atoms with Crippen molar-refractivity contribution in [3.63, 3.8) is 0 Å². The fraction of sp³-hybridized carbons (Fsp3) is 0.591. The number of phosphoric acid groups is 1. The van der Waals surface area contributed by atoms with Crippen LogP contribution in [0.3, 0.4) is 0 Å². The molecule has 0 amide bonds. The maximum absolute atomic E-state index is 12.6. The lowest BCUT2D eigenvalue weighted by atomic mass is 10.1. The third-order valence-electron chi connectivity index (χ3n) is 7.72. The summed E-state index contributed by atoms with van der Waals surface area (Å²) in [4.78, 5) is 34.9. The Kier molecular flexibility index (Phi) is 36.9. The Morgan fingerprint density at radius 3 is 1.49 bits per heavy atom. The number of allylic oxidation sites excluding steroid dienone is 16. The number of aliphatic hydroxyl groups is 2. The Labute approximate surface area is 332 Å². The normalized spacial score (nSPS) is 14.9. The lowest BCUT2D eigenvalue weighted by molar-refractivity contribution is -0.161. The quantitative estimate of drug-likeness (QED) is 0.0242. The molecule has 1 unspecified atom stereocenters. The number of hydrogen-bond donors (Lipinski definition) is 3. The zero-order valence-electron chi connectivity index (χ0n) is 33.6. The summed E-state index contributed by atoms with van der Waals surface area (Å²) in [5.74, 6) is -1.05. The smallest absolute Gasteiger partial charge is 0.462 e. The van der Waals surface area contributed by atoms with Crippen molar-refractivity contribution in [2.75, 3.05) is 26.4 Å². The van der Waals surface area contributed by atoms with E-state index in [2.05, 4.69) is 103 Å². The molecule has 0 bridgehead atoms. The fourth-order valence-electron chi connectivity index (χ4n) is 4.62. The van der Waals surface area contributed by atoms with Gasteiger partial charge in [0.1, 0.15) is 12.7 Å². The van der Waals surface area contributed by atoms with E-state index in [4.69, 9.17) is 19.1 Å². The molecule has 0 rings (SSSR count). The Hall–Kier alpha value is -3.11. The summed E-state index contributed by atoms with van der Waals surface area (Å²) < 4.78 is 32.5. The van der Waals surface area contributed by atoms with Gasteiger partial charge in [0, 0.05) is 12.8 Å². The Morgan fingerprint density at radius 2 is 1.00 bits per heavy atom. The van der Waals surface area contributed by atoms with Gasteiger partial charge in [-0.15, -0.1) is 0 Å². The van der Waals surface area contributed by atoms with Gasteiger partial charge in [0.2, 0.25) is 0 Å². The summed E-state index contributed by atoms with van der Waals surface area (Å²) >= 11 is 0. The third kappa shape index (κ3) is 38.9. The lowest BCUT2D eigenvalue weighted by Crippen LogP contribution is -2.29. The molecule has 3 atom stereocenters. The van der Waals surface area contributed by atoms with Gasteiger partial charge in [-0.2, -0.15) is 0 Å². The van der Waals surface area contributed by atoms with Crippen LogP contribution >= 0.6 is 7.82 Å². The highest BCUT2D eigenvalue weighted by molar-refractivity contribution is 7.47. The number of carbonyl (C=O) groups is 2. The second-order valence-electron chi connectivity index (χ2n) is 12.9. The first-order valence-corrected chi connectivity index (χ1v) is 21.7. The minimum Gasteiger partial charge on any atom is -0.462 e. The summed E-state index contributed by atoms with van der Waals surface area (Å²) in [5, 5.41) is 18.3. The largest absolute Gasteiger partial charge is 0.472 e. The van der Waals surface area contributed by atoms with Crippen LogP contribution in [0.1, 0.15) is 129 Å². The Balaban J connectivity index is 4.54. The molecule has 312 valence electrons. The third-order valence-corrected chi connectivity index (χ3v) is 8.67. The predicted molar refractivity (Wildman–Crippen MR) is 223 cm³/mol. The summed E-state index contributed by atoms with van der Waals surface area (Å²) in [6.45, 7) is 2.09. The average Bonchev–Trinajstić information content (AvgIpc) is 3.17. The molecule has 3 N–H and O–H groups in total. The van der Waals surface area contributed by atoms with Crippen molar-refractivity contribution in [1.82, 2.24) is 0 Å². The maximum atomic E-state index is 12.6. The number of rotatable bonds is 36. The second-order valence-corrected chi connectivity index (χ2v) is 14.4. The second kappa shape index (κ2) is 39.1. The maximum Gasteiger partial charge on any atom is 0.472 e. The van der Waals surface area contributed by atoms with E-state index in [1.165, 1.54) is 19.3 Å². The lowest BCUT2D eigenvalue weighted by Gasteiger charge is -2.20. The van der Waals surface area contributed by atoms with Crippen molar-refractivity contribution >= 4 is 19.8 Å². The van der Waals surface area contributed by atoms with Gasteiger partial charge in [-0.1, -0.05) is 124 Å². The number of unbranched alkanes of at least 4 members (excludes halogenated alkanes) is 6. The minimum atomic E-state index is -4.65. The van der Waals surface area contributed by atoms with Crippen LogP contribution in [0.4, 0.5) is 0 Å². The van der Waals surface area contributed by atoms with Crippen LogP contribution < -0.4 is 0 Å². The molecule has 0 heterocycles. The van der Waals surface area contributed by atoms with Crippen LogP contribution in [0.25, 0.3) is 0 Å². The van der Waals surface area contributed by atoms with Crippen molar-refractivity contribution in [3.8, 4) is 0 Å². The topological polar surface area (TPSA) is 149 Å². The van der Waals surface area contributed by atoms with Gasteiger partial charge in [0.05, 0.1) is 19.8 Å². The molecule has 0 radical (unpaired) electrons. The van der Waals surface area contributed by atoms with Crippen molar-refractivity contribution in [1.29, 1.82) is 0 Å². The molecule has 0 aromatic heterocycles. The van der Waals surface area contributed by atoms with E-state index in [1.807, 2.05) is 12.2 Å². The highest BCUT2D eigenvalue weighted by atomic mass is 31.2. The Morgan fingerprint density at radius 1 is 0.564 bits per heavy atom. The minimum absolute atomic E-state index is 0.0915. The standard InChI is InChI=1S/C44H71O10P/c1-3-5-7-9-11-13-15-17-19-20-22-24-26-28-30-32-34-36-44(48)54-42(40-53-55(49,50)52-38-41(46)37-45)39-51-43(47)35-33-31-29-27-25-23-21-18-16-14-12-10-8-6-4-2/h5,7,11-14,17-19,21-22,24-25,27-28,30,41-42,45-46H,3-4,6,8-10,15-16,20,23,26,29,31-40H2,1-2H3,(H,49,50)/b7-5-,13-11-,14-12-,19-17-,21-18-,24-22-,27-25-,30-28-/t41-,42+/m0/s1. The molecule has 10 nitrogen and oxygen atoms in total. The molecule has 11 heteroatoms. The van der Waals surface area contributed by atoms with Crippen molar-refractivity contribution in [2.24, 2.45) is 0 Å². The number of carbonyl (C=O) groups excluding carboxylic acids is 2. The monoisotopic (exact) mass is 790 g/mol. The SMILES string of the molecule is CC/C=C\C/C=C\C/C=C\C/C=C\C/C=C\CCCC(=O)O[C@H](COC(=O)CCCC/C=C\C/C=C\C/C=C\CCCCC)COP(=O)(O)OC[C@@H](O)CO. The predicted octanol–water partition coefficient (Wildman–Crippen LogP) is 10.4. The van der Waals surface area contributed by atoms with Gasteiger partial charge >= 0.3 is 19.8 Å². The van der Waals surface area contributed by atoms with Crippen LogP contribution in [-0.4, -0.2) is 65.7 Å². The molecular weight excluding hydrogens is 719 g/mol. The molecule has 0 aliphatic carbocycles. The summed E-state index contributed by atoms with van der Waals surface area (Å²) in [7, 11) is -4.65.